The molecule has 0 radical (unpaired) electrons. The molecule has 1 fully saturated rings. The second kappa shape index (κ2) is 7.50. The minimum atomic E-state index is -0.438. The maximum Gasteiger partial charge on any atom is 0.263 e. The molecule has 1 aromatic carbocycles. The van der Waals surface area contributed by atoms with Gasteiger partial charge in [-0.2, -0.15) is 0 Å². The van der Waals surface area contributed by atoms with Crippen molar-refractivity contribution >= 4 is 18.3 Å². The van der Waals surface area contributed by atoms with Crippen LogP contribution in [-0.2, 0) is 4.79 Å². The third-order valence-electron chi connectivity index (χ3n) is 3.33. The van der Waals surface area contributed by atoms with E-state index in [4.69, 9.17) is 4.74 Å². The van der Waals surface area contributed by atoms with Crippen LogP contribution in [0.15, 0.2) is 24.3 Å². The summed E-state index contributed by atoms with van der Waals surface area (Å²) in [5.41, 5.74) is 1.13. The van der Waals surface area contributed by atoms with Gasteiger partial charge in [-0.1, -0.05) is 12.1 Å². The molecule has 5 heteroatoms. The number of aryl methyl sites for hydroxylation is 1. The Balaban J connectivity index is 0.00000200. The van der Waals surface area contributed by atoms with E-state index < -0.39 is 6.10 Å². The van der Waals surface area contributed by atoms with E-state index in [2.05, 4.69) is 12.2 Å². The maximum absolute atomic E-state index is 12.3. The Morgan fingerprint density at radius 2 is 2.25 bits per heavy atom. The fraction of sp³-hybridized carbons (Fsp3) is 0.533. The Morgan fingerprint density at radius 3 is 2.90 bits per heavy atom. The van der Waals surface area contributed by atoms with E-state index in [0.29, 0.717) is 6.04 Å². The number of halogens is 1. The summed E-state index contributed by atoms with van der Waals surface area (Å²) < 4.78 is 5.73. The smallest absolute Gasteiger partial charge is 0.263 e. The number of ether oxygens (including phenoxy) is 1. The fourth-order valence-electron chi connectivity index (χ4n) is 2.33. The third-order valence-corrected chi connectivity index (χ3v) is 3.33. The molecule has 1 aliphatic rings. The molecule has 1 aliphatic heterocycles. The molecule has 0 aliphatic carbocycles. The van der Waals surface area contributed by atoms with Crippen LogP contribution in [0.4, 0.5) is 0 Å². The second-order valence-corrected chi connectivity index (χ2v) is 5.22. The standard InChI is InChI=1S/C15H22N2O2.ClH/c1-11-5-4-6-14(9-11)19-13(3)15(18)17-8-7-16-12(2)10-17;/h4-6,9,12-13,16H,7-8,10H2,1-3H3;1H. The number of nitrogens with one attached hydrogen (secondary N) is 1. The minimum Gasteiger partial charge on any atom is -0.481 e. The first-order valence-corrected chi connectivity index (χ1v) is 6.82. The average Bonchev–Trinajstić information content (AvgIpc) is 2.38. The molecule has 1 N–H and O–H groups in total. The van der Waals surface area contributed by atoms with Crippen molar-refractivity contribution in [2.24, 2.45) is 0 Å². The van der Waals surface area contributed by atoms with Gasteiger partial charge in [-0.3, -0.25) is 4.79 Å². The van der Waals surface area contributed by atoms with Gasteiger partial charge in [0.1, 0.15) is 5.75 Å². The molecule has 0 bridgehead atoms. The molecule has 0 spiro atoms. The topological polar surface area (TPSA) is 41.6 Å². The lowest BCUT2D eigenvalue weighted by Crippen LogP contribution is -2.54. The van der Waals surface area contributed by atoms with Crippen molar-refractivity contribution in [3.05, 3.63) is 29.8 Å². The lowest BCUT2D eigenvalue weighted by molar-refractivity contribution is -0.139. The quantitative estimate of drug-likeness (QED) is 0.928. The van der Waals surface area contributed by atoms with Crippen LogP contribution >= 0.6 is 12.4 Å². The lowest BCUT2D eigenvalue weighted by Gasteiger charge is -2.33. The minimum absolute atomic E-state index is 0. The first-order chi connectivity index (χ1) is 9.06. The summed E-state index contributed by atoms with van der Waals surface area (Å²) in [4.78, 5) is 14.2. The van der Waals surface area contributed by atoms with Gasteiger partial charge in [0.15, 0.2) is 6.10 Å². The number of nitrogens with zero attached hydrogens (tertiary/aromatic N) is 1. The predicted octanol–water partition coefficient (Wildman–Crippen LogP) is 2.00. The van der Waals surface area contributed by atoms with E-state index in [1.807, 2.05) is 43.0 Å². The summed E-state index contributed by atoms with van der Waals surface area (Å²) in [6.45, 7) is 8.27. The molecule has 0 saturated carbocycles. The average molecular weight is 299 g/mol. The van der Waals surface area contributed by atoms with Gasteiger partial charge in [0.05, 0.1) is 0 Å². The van der Waals surface area contributed by atoms with Crippen molar-refractivity contribution in [3.63, 3.8) is 0 Å². The summed E-state index contributed by atoms with van der Waals surface area (Å²) in [6.07, 6.45) is -0.438. The van der Waals surface area contributed by atoms with Crippen molar-refractivity contribution in [2.45, 2.75) is 32.9 Å². The molecule has 112 valence electrons. The zero-order valence-electron chi connectivity index (χ0n) is 12.3. The lowest BCUT2D eigenvalue weighted by atomic mass is 10.2. The summed E-state index contributed by atoms with van der Waals surface area (Å²) in [5.74, 6) is 0.818. The van der Waals surface area contributed by atoms with Crippen LogP contribution < -0.4 is 10.1 Å². The Kier molecular flexibility index (Phi) is 6.30. The number of piperazine rings is 1. The van der Waals surface area contributed by atoms with E-state index in [0.717, 1.165) is 30.9 Å². The van der Waals surface area contributed by atoms with Crippen LogP contribution in [0.25, 0.3) is 0 Å². The van der Waals surface area contributed by atoms with E-state index in [9.17, 15) is 4.79 Å². The van der Waals surface area contributed by atoms with Gasteiger partial charge in [0.25, 0.3) is 5.91 Å². The SMILES string of the molecule is Cc1cccc(OC(C)C(=O)N2CCNC(C)C2)c1.Cl. The highest BCUT2D eigenvalue weighted by molar-refractivity contribution is 5.85. The maximum atomic E-state index is 12.3. The van der Waals surface area contributed by atoms with Crippen molar-refractivity contribution in [1.82, 2.24) is 10.2 Å². The van der Waals surface area contributed by atoms with E-state index in [1.54, 1.807) is 0 Å². The van der Waals surface area contributed by atoms with Gasteiger partial charge < -0.3 is 15.0 Å². The first-order valence-electron chi connectivity index (χ1n) is 6.82. The Bertz CT molecular complexity index is 453. The van der Waals surface area contributed by atoms with Crippen LogP contribution in [0.2, 0.25) is 0 Å². The molecule has 1 saturated heterocycles. The molecule has 1 aromatic rings. The van der Waals surface area contributed by atoms with Gasteiger partial charge in [-0.25, -0.2) is 0 Å². The predicted molar refractivity (Wildman–Crippen MR) is 82.6 cm³/mol. The molecule has 0 aromatic heterocycles. The number of carbonyl (C=O) groups is 1. The summed E-state index contributed by atoms with van der Waals surface area (Å²) in [5, 5.41) is 3.33. The molecule has 2 rings (SSSR count). The van der Waals surface area contributed by atoms with Crippen LogP contribution in [0.5, 0.6) is 5.75 Å². The van der Waals surface area contributed by atoms with Gasteiger partial charge in [0.2, 0.25) is 0 Å². The van der Waals surface area contributed by atoms with Crippen molar-refractivity contribution in [3.8, 4) is 5.75 Å². The van der Waals surface area contributed by atoms with Crippen LogP contribution in [0.3, 0.4) is 0 Å². The number of amides is 1. The number of hydrogen-bond donors (Lipinski definition) is 1. The highest BCUT2D eigenvalue weighted by Gasteiger charge is 2.25. The summed E-state index contributed by atoms with van der Waals surface area (Å²) >= 11 is 0. The van der Waals surface area contributed by atoms with Gasteiger partial charge in [-0.15, -0.1) is 12.4 Å². The van der Waals surface area contributed by atoms with Crippen LogP contribution in [-0.4, -0.2) is 42.6 Å². The molecule has 1 heterocycles. The van der Waals surface area contributed by atoms with Gasteiger partial charge in [-0.05, 0) is 38.5 Å². The van der Waals surface area contributed by atoms with Gasteiger partial charge in [0, 0.05) is 25.7 Å². The number of rotatable bonds is 3. The van der Waals surface area contributed by atoms with E-state index in [1.165, 1.54) is 0 Å². The molecular weight excluding hydrogens is 276 g/mol. The fourth-order valence-corrected chi connectivity index (χ4v) is 2.33. The molecule has 2 atom stereocenters. The van der Waals surface area contributed by atoms with E-state index in [-0.39, 0.29) is 18.3 Å². The zero-order chi connectivity index (χ0) is 13.8. The molecule has 20 heavy (non-hydrogen) atoms. The molecule has 2 unspecified atom stereocenters. The van der Waals surface area contributed by atoms with Crippen molar-refractivity contribution in [2.75, 3.05) is 19.6 Å². The second-order valence-electron chi connectivity index (χ2n) is 5.22. The highest BCUT2D eigenvalue weighted by Crippen LogP contribution is 2.15. The number of carbonyl (C=O) groups excluding carboxylic acids is 1. The Hall–Kier alpha value is -1.26. The largest absolute Gasteiger partial charge is 0.481 e. The first kappa shape index (κ1) is 16.8. The van der Waals surface area contributed by atoms with E-state index >= 15 is 0 Å². The summed E-state index contributed by atoms with van der Waals surface area (Å²) in [6, 6.07) is 8.14. The number of hydrogen-bond acceptors (Lipinski definition) is 3. The Morgan fingerprint density at radius 1 is 1.50 bits per heavy atom. The highest BCUT2D eigenvalue weighted by atomic mass is 35.5. The Labute approximate surface area is 126 Å². The van der Waals surface area contributed by atoms with Crippen molar-refractivity contribution in [1.29, 1.82) is 0 Å². The molecule has 4 nitrogen and oxygen atoms in total. The molecular formula is C15H23ClN2O2. The normalized spacial score (nSPS) is 19.9. The zero-order valence-corrected chi connectivity index (χ0v) is 13.1. The third kappa shape index (κ3) is 4.39. The van der Waals surface area contributed by atoms with Crippen LogP contribution in [0, 0.1) is 6.92 Å². The van der Waals surface area contributed by atoms with Crippen LogP contribution in [0.1, 0.15) is 19.4 Å². The van der Waals surface area contributed by atoms with Crippen molar-refractivity contribution < 1.29 is 9.53 Å². The molecule has 1 amide bonds. The summed E-state index contributed by atoms with van der Waals surface area (Å²) in [7, 11) is 0. The monoisotopic (exact) mass is 298 g/mol. The number of benzene rings is 1. The van der Waals surface area contributed by atoms with Gasteiger partial charge >= 0.3 is 0 Å².